The van der Waals surface area contributed by atoms with E-state index in [9.17, 15) is 4.79 Å². The number of hydrogen-bond acceptors (Lipinski definition) is 1. The van der Waals surface area contributed by atoms with Crippen molar-refractivity contribution in [1.29, 1.82) is 0 Å². The fraction of sp³-hybridized carbons (Fsp3) is 0.100. The zero-order valence-corrected chi connectivity index (χ0v) is 17.2. The van der Waals surface area contributed by atoms with E-state index in [4.69, 9.17) is 0 Å². The Balaban J connectivity index is 1.70. The molecule has 0 amide bonds. The molecule has 1 spiro atoms. The van der Waals surface area contributed by atoms with Crippen molar-refractivity contribution in [2.45, 2.75) is 17.5 Å². The average molecular weight is 428 g/mol. The first-order valence-corrected chi connectivity index (χ1v) is 11.3. The molecule has 3 heteroatoms. The number of allylic oxidation sites excluding steroid dienone is 4. The van der Waals surface area contributed by atoms with Gasteiger partial charge in [0.2, 0.25) is 0 Å². The van der Waals surface area contributed by atoms with Crippen molar-refractivity contribution in [2.75, 3.05) is 0 Å². The van der Waals surface area contributed by atoms with E-state index in [0.29, 0.717) is 11.1 Å². The number of alkyl halides is 1. The highest BCUT2D eigenvalue weighted by Crippen LogP contribution is 2.66. The number of ketones is 1. The molecule has 0 saturated heterocycles. The molecule has 0 radical (unpaired) electrons. The summed E-state index contributed by atoms with van der Waals surface area (Å²) in [7, 11) is 0. The standard InChI is InChI=1S/C30H14F2O/c31-19-11-14-6-5-13-7-8-17-20(33)12-15-9-10-30-18-4-2-1-3-16(18)25(29(30)32)26(19)27-22(14)21(13)24(17)23(15)28(27)30/h1-12,25,29H. The number of fused-ring (bicyclic) bond motifs is 1. The molecular weight excluding hydrogens is 414 g/mol. The normalized spacial score (nSPS) is 25.5. The number of benzene rings is 5. The molecule has 0 aromatic heterocycles. The second kappa shape index (κ2) is 4.89. The van der Waals surface area contributed by atoms with Crippen LogP contribution in [0.1, 0.15) is 44.1 Å². The highest BCUT2D eigenvalue weighted by molar-refractivity contribution is 6.35. The predicted molar refractivity (Wildman–Crippen MR) is 126 cm³/mol. The first-order chi connectivity index (χ1) is 16.1. The summed E-state index contributed by atoms with van der Waals surface area (Å²) < 4.78 is 32.5. The molecule has 33 heavy (non-hydrogen) atoms. The fourth-order valence-electron chi connectivity index (χ4n) is 7.47. The minimum Gasteiger partial charge on any atom is -0.289 e. The van der Waals surface area contributed by atoms with Crippen molar-refractivity contribution in [1.82, 2.24) is 0 Å². The number of carbonyl (C=O) groups excluding carboxylic acids is 1. The molecule has 0 fully saturated rings. The molecule has 3 unspecified atom stereocenters. The van der Waals surface area contributed by atoms with Crippen LogP contribution in [-0.4, -0.2) is 12.0 Å². The van der Waals surface area contributed by atoms with Crippen LogP contribution in [0.4, 0.5) is 8.78 Å². The van der Waals surface area contributed by atoms with Gasteiger partial charge < -0.3 is 0 Å². The summed E-state index contributed by atoms with van der Waals surface area (Å²) in [5.41, 5.74) is 4.45. The third-order valence-corrected chi connectivity index (χ3v) is 8.59. The van der Waals surface area contributed by atoms with Gasteiger partial charge in [-0.25, -0.2) is 8.78 Å². The summed E-state index contributed by atoms with van der Waals surface area (Å²) in [5.74, 6) is -1.04. The third-order valence-electron chi connectivity index (χ3n) is 8.59. The van der Waals surface area contributed by atoms with Crippen molar-refractivity contribution in [3.8, 4) is 0 Å². The zero-order valence-electron chi connectivity index (χ0n) is 17.2. The van der Waals surface area contributed by atoms with Crippen LogP contribution in [0, 0.1) is 5.82 Å². The Morgan fingerprint density at radius 2 is 1.67 bits per heavy atom. The number of rotatable bonds is 0. The molecule has 4 aliphatic carbocycles. The number of halogens is 2. The van der Waals surface area contributed by atoms with E-state index in [1.807, 2.05) is 60.7 Å². The van der Waals surface area contributed by atoms with Gasteiger partial charge in [0.25, 0.3) is 0 Å². The zero-order chi connectivity index (χ0) is 21.8. The second-order valence-corrected chi connectivity index (χ2v) is 9.78. The van der Waals surface area contributed by atoms with Crippen LogP contribution >= 0.6 is 0 Å². The lowest BCUT2D eigenvalue weighted by molar-refractivity contribution is 0.104. The Bertz CT molecular complexity index is 1870. The van der Waals surface area contributed by atoms with Crippen LogP contribution in [0.25, 0.3) is 37.9 Å². The summed E-state index contributed by atoms with van der Waals surface area (Å²) in [4.78, 5) is 13.1. The van der Waals surface area contributed by atoms with Crippen molar-refractivity contribution < 1.29 is 13.6 Å². The molecule has 0 saturated carbocycles. The van der Waals surface area contributed by atoms with Crippen molar-refractivity contribution in [3.05, 3.63) is 112 Å². The van der Waals surface area contributed by atoms with E-state index in [1.54, 1.807) is 12.1 Å². The lowest BCUT2D eigenvalue weighted by Crippen LogP contribution is -2.40. The van der Waals surface area contributed by atoms with Gasteiger partial charge in [-0.05, 0) is 73.0 Å². The van der Waals surface area contributed by atoms with Crippen LogP contribution in [0.3, 0.4) is 0 Å². The maximum absolute atomic E-state index is 16.7. The first kappa shape index (κ1) is 16.7. The molecule has 4 aliphatic rings. The van der Waals surface area contributed by atoms with E-state index in [2.05, 4.69) is 0 Å². The quantitative estimate of drug-likeness (QED) is 0.244. The minimum atomic E-state index is -1.31. The maximum Gasteiger partial charge on any atom is 0.187 e. The summed E-state index contributed by atoms with van der Waals surface area (Å²) in [6.45, 7) is 0. The van der Waals surface area contributed by atoms with Crippen molar-refractivity contribution >= 4 is 43.7 Å². The third kappa shape index (κ3) is 1.50. The largest absolute Gasteiger partial charge is 0.289 e. The van der Waals surface area contributed by atoms with Crippen molar-refractivity contribution in [2.24, 2.45) is 0 Å². The summed E-state index contributed by atoms with van der Waals surface area (Å²) >= 11 is 0. The Morgan fingerprint density at radius 1 is 0.879 bits per heavy atom. The topological polar surface area (TPSA) is 17.1 Å². The van der Waals surface area contributed by atoms with Crippen LogP contribution in [-0.2, 0) is 5.41 Å². The molecule has 3 atom stereocenters. The van der Waals surface area contributed by atoms with Gasteiger partial charge in [0.15, 0.2) is 5.78 Å². The molecule has 2 bridgehead atoms. The maximum atomic E-state index is 16.7. The van der Waals surface area contributed by atoms with Gasteiger partial charge >= 0.3 is 0 Å². The number of carbonyl (C=O) groups is 1. The van der Waals surface area contributed by atoms with E-state index in [1.165, 1.54) is 0 Å². The van der Waals surface area contributed by atoms with Crippen LogP contribution in [0.15, 0.2) is 72.8 Å². The molecule has 154 valence electrons. The van der Waals surface area contributed by atoms with Gasteiger partial charge in [0.05, 0.1) is 5.41 Å². The van der Waals surface area contributed by atoms with Crippen LogP contribution in [0.5, 0.6) is 0 Å². The number of hydrogen-bond donors (Lipinski definition) is 0. The average Bonchev–Trinajstić information content (AvgIpc) is 2.99. The van der Waals surface area contributed by atoms with Crippen molar-refractivity contribution in [3.63, 3.8) is 0 Å². The SMILES string of the molecule is O=C1C=C2C=CC34c5ccccc5C(c5c(F)cc6ccc7ccc1c1c2c3c5c6c71)C4F. The molecule has 1 nitrogen and oxygen atoms in total. The molecule has 5 aromatic carbocycles. The minimum absolute atomic E-state index is 0.0352. The van der Waals surface area contributed by atoms with Gasteiger partial charge in [-0.15, -0.1) is 0 Å². The lowest BCUT2D eigenvalue weighted by Gasteiger charge is -2.43. The Hall–Kier alpha value is -3.85. The van der Waals surface area contributed by atoms with Gasteiger partial charge in [-0.2, -0.15) is 0 Å². The van der Waals surface area contributed by atoms with Gasteiger partial charge in [0.1, 0.15) is 12.0 Å². The molecule has 0 aliphatic heterocycles. The van der Waals surface area contributed by atoms with Gasteiger partial charge in [-0.1, -0.05) is 54.6 Å². The van der Waals surface area contributed by atoms with Gasteiger partial charge in [0, 0.05) is 22.4 Å². The van der Waals surface area contributed by atoms with E-state index in [0.717, 1.165) is 60.1 Å². The van der Waals surface area contributed by atoms with Crippen LogP contribution < -0.4 is 0 Å². The molecular formula is C30H14F2O. The monoisotopic (exact) mass is 428 g/mol. The first-order valence-electron chi connectivity index (χ1n) is 11.3. The highest BCUT2D eigenvalue weighted by atomic mass is 19.1. The Kier molecular flexibility index (Phi) is 2.48. The molecule has 0 N–H and O–H groups in total. The fourth-order valence-corrected chi connectivity index (χ4v) is 7.47. The lowest BCUT2D eigenvalue weighted by atomic mass is 9.60. The molecule has 5 aromatic rings. The molecule has 9 rings (SSSR count). The van der Waals surface area contributed by atoms with E-state index in [-0.39, 0.29) is 11.6 Å². The van der Waals surface area contributed by atoms with Crippen LogP contribution in [0.2, 0.25) is 0 Å². The Morgan fingerprint density at radius 3 is 2.58 bits per heavy atom. The summed E-state index contributed by atoms with van der Waals surface area (Å²) in [6, 6.07) is 17.1. The Labute approximate surface area is 187 Å². The summed E-state index contributed by atoms with van der Waals surface area (Å²) in [6.07, 6.45) is 4.21. The van der Waals surface area contributed by atoms with E-state index >= 15 is 8.78 Å². The van der Waals surface area contributed by atoms with Gasteiger partial charge in [-0.3, -0.25) is 4.79 Å². The highest BCUT2D eigenvalue weighted by Gasteiger charge is 2.60. The summed E-state index contributed by atoms with van der Waals surface area (Å²) in [5, 5.41) is 5.50. The second-order valence-electron chi connectivity index (χ2n) is 9.78. The van der Waals surface area contributed by atoms with E-state index < -0.39 is 17.5 Å². The smallest absolute Gasteiger partial charge is 0.187 e. The predicted octanol–water partition coefficient (Wildman–Crippen LogP) is 6.96. The molecule has 0 heterocycles.